The maximum absolute atomic E-state index is 12.1. The molecule has 1 aromatic carbocycles. The van der Waals surface area contributed by atoms with Gasteiger partial charge in [-0.05, 0) is 37.4 Å². The van der Waals surface area contributed by atoms with E-state index in [4.69, 9.17) is 5.73 Å². The molecule has 2 amide bonds. The van der Waals surface area contributed by atoms with Gasteiger partial charge >= 0.3 is 6.03 Å². The zero-order chi connectivity index (χ0) is 13.2. The van der Waals surface area contributed by atoms with Crippen LogP contribution in [0.25, 0.3) is 0 Å². The van der Waals surface area contributed by atoms with Crippen molar-refractivity contribution in [2.24, 2.45) is 11.1 Å². The summed E-state index contributed by atoms with van der Waals surface area (Å²) in [5, 5.41) is 2.92. The highest BCUT2D eigenvalue weighted by Crippen LogP contribution is 2.28. The van der Waals surface area contributed by atoms with Crippen LogP contribution >= 0.6 is 0 Å². The molecule has 4 nitrogen and oxygen atoms in total. The van der Waals surface area contributed by atoms with Gasteiger partial charge in [-0.25, -0.2) is 4.79 Å². The van der Waals surface area contributed by atoms with Crippen molar-refractivity contribution in [3.63, 3.8) is 0 Å². The van der Waals surface area contributed by atoms with Crippen LogP contribution in [-0.2, 0) is 0 Å². The number of rotatable bonds is 2. The predicted octanol–water partition coefficient (Wildman–Crippen LogP) is 2.20. The third-order valence-corrected chi connectivity index (χ3v) is 3.64. The van der Waals surface area contributed by atoms with Crippen molar-refractivity contribution in [3.8, 4) is 0 Å². The van der Waals surface area contributed by atoms with Crippen LogP contribution in [0, 0.1) is 12.3 Å². The fraction of sp³-hybridized carbons (Fsp3) is 0.500. The molecule has 1 aliphatic heterocycles. The van der Waals surface area contributed by atoms with Crippen LogP contribution in [0.1, 0.15) is 18.9 Å². The number of amides is 2. The fourth-order valence-electron chi connectivity index (χ4n) is 2.20. The summed E-state index contributed by atoms with van der Waals surface area (Å²) >= 11 is 0. The van der Waals surface area contributed by atoms with Crippen LogP contribution in [-0.4, -0.2) is 30.6 Å². The minimum atomic E-state index is -0.0315. The lowest BCUT2D eigenvalue weighted by atomic mass is 9.90. The van der Waals surface area contributed by atoms with E-state index in [1.165, 1.54) is 5.56 Å². The van der Waals surface area contributed by atoms with Gasteiger partial charge in [-0.2, -0.15) is 0 Å². The fourth-order valence-corrected chi connectivity index (χ4v) is 2.20. The van der Waals surface area contributed by atoms with E-state index in [1.54, 1.807) is 0 Å². The first-order valence-electron chi connectivity index (χ1n) is 6.35. The van der Waals surface area contributed by atoms with E-state index in [1.807, 2.05) is 36.1 Å². The van der Waals surface area contributed by atoms with E-state index in [2.05, 4.69) is 12.2 Å². The van der Waals surface area contributed by atoms with Crippen LogP contribution in [0.2, 0.25) is 0 Å². The minimum absolute atomic E-state index is 0.0315. The van der Waals surface area contributed by atoms with Crippen molar-refractivity contribution in [3.05, 3.63) is 29.8 Å². The summed E-state index contributed by atoms with van der Waals surface area (Å²) in [4.78, 5) is 13.9. The van der Waals surface area contributed by atoms with Crippen LogP contribution in [0.3, 0.4) is 0 Å². The van der Waals surface area contributed by atoms with Crippen molar-refractivity contribution in [2.75, 3.05) is 25.0 Å². The van der Waals surface area contributed by atoms with Crippen LogP contribution < -0.4 is 11.1 Å². The molecule has 1 aromatic rings. The van der Waals surface area contributed by atoms with Crippen LogP contribution in [0.5, 0.6) is 0 Å². The third-order valence-electron chi connectivity index (χ3n) is 3.64. The van der Waals surface area contributed by atoms with Crippen molar-refractivity contribution in [1.82, 2.24) is 4.90 Å². The van der Waals surface area contributed by atoms with Gasteiger partial charge in [0.1, 0.15) is 0 Å². The van der Waals surface area contributed by atoms with E-state index in [0.29, 0.717) is 6.54 Å². The summed E-state index contributed by atoms with van der Waals surface area (Å²) < 4.78 is 0. The maximum atomic E-state index is 12.1. The smallest absolute Gasteiger partial charge is 0.321 e. The SMILES string of the molecule is Cc1ccc(NC(=O)N2CCC(C)(CN)C2)cc1. The number of benzene rings is 1. The standard InChI is InChI=1S/C14H21N3O/c1-11-3-5-12(6-4-11)16-13(18)17-8-7-14(2,9-15)10-17/h3-6H,7-10,15H2,1-2H3,(H,16,18). The first-order valence-corrected chi connectivity index (χ1v) is 6.35. The number of carbonyl (C=O) groups excluding carboxylic acids is 1. The number of carbonyl (C=O) groups is 1. The van der Waals surface area contributed by atoms with Gasteiger partial charge in [-0.3, -0.25) is 0 Å². The molecule has 98 valence electrons. The molecule has 1 fully saturated rings. The van der Waals surface area contributed by atoms with E-state index in [-0.39, 0.29) is 11.4 Å². The lowest BCUT2D eigenvalue weighted by Gasteiger charge is -2.22. The molecule has 1 atom stereocenters. The van der Waals surface area contributed by atoms with Gasteiger partial charge in [-0.15, -0.1) is 0 Å². The van der Waals surface area contributed by atoms with Gasteiger partial charge in [0.2, 0.25) is 0 Å². The number of hydrogen-bond acceptors (Lipinski definition) is 2. The Labute approximate surface area is 108 Å². The molecule has 0 bridgehead atoms. The Hall–Kier alpha value is -1.55. The Morgan fingerprint density at radius 1 is 1.44 bits per heavy atom. The third kappa shape index (κ3) is 2.82. The average Bonchev–Trinajstić information content (AvgIpc) is 2.76. The summed E-state index contributed by atoms with van der Waals surface area (Å²) in [6, 6.07) is 7.79. The summed E-state index contributed by atoms with van der Waals surface area (Å²) in [7, 11) is 0. The molecule has 2 rings (SSSR count). The monoisotopic (exact) mass is 247 g/mol. The number of aryl methyl sites for hydroxylation is 1. The van der Waals surface area contributed by atoms with Crippen molar-refractivity contribution in [2.45, 2.75) is 20.3 Å². The molecule has 1 aliphatic rings. The van der Waals surface area contributed by atoms with Gasteiger partial charge in [0, 0.05) is 18.8 Å². The van der Waals surface area contributed by atoms with Gasteiger partial charge in [0.25, 0.3) is 0 Å². The molecule has 4 heteroatoms. The van der Waals surface area contributed by atoms with Gasteiger partial charge in [0.05, 0.1) is 0 Å². The molecular formula is C14H21N3O. The molecule has 0 aromatic heterocycles. The van der Waals surface area contributed by atoms with E-state index >= 15 is 0 Å². The number of nitrogens with one attached hydrogen (secondary N) is 1. The van der Waals surface area contributed by atoms with Gasteiger partial charge in [0.15, 0.2) is 0 Å². The Balaban J connectivity index is 1.95. The number of nitrogens with zero attached hydrogens (tertiary/aromatic N) is 1. The lowest BCUT2D eigenvalue weighted by Crippen LogP contribution is -2.36. The maximum Gasteiger partial charge on any atom is 0.321 e. The average molecular weight is 247 g/mol. The molecule has 18 heavy (non-hydrogen) atoms. The van der Waals surface area contributed by atoms with E-state index in [0.717, 1.165) is 25.2 Å². The molecular weight excluding hydrogens is 226 g/mol. The first kappa shape index (κ1) is 12.9. The highest BCUT2D eigenvalue weighted by Gasteiger charge is 2.34. The molecule has 0 aliphatic carbocycles. The summed E-state index contributed by atoms with van der Waals surface area (Å²) in [5.41, 5.74) is 7.84. The normalized spacial score (nSPS) is 23.2. The largest absolute Gasteiger partial charge is 0.330 e. The summed E-state index contributed by atoms with van der Waals surface area (Å²) in [6.07, 6.45) is 0.977. The Bertz CT molecular complexity index is 429. The van der Waals surface area contributed by atoms with Gasteiger partial charge in [-0.1, -0.05) is 24.6 Å². The summed E-state index contributed by atoms with van der Waals surface area (Å²) in [5.74, 6) is 0. The summed E-state index contributed by atoms with van der Waals surface area (Å²) in [6.45, 7) is 6.30. The van der Waals surface area contributed by atoms with E-state index in [9.17, 15) is 4.79 Å². The molecule has 1 heterocycles. The van der Waals surface area contributed by atoms with Crippen LogP contribution in [0.15, 0.2) is 24.3 Å². The zero-order valence-corrected chi connectivity index (χ0v) is 11.1. The molecule has 1 saturated heterocycles. The first-order chi connectivity index (χ1) is 8.52. The second kappa shape index (κ2) is 4.98. The van der Waals surface area contributed by atoms with Crippen LogP contribution in [0.4, 0.5) is 10.5 Å². The topological polar surface area (TPSA) is 58.4 Å². The number of likely N-dealkylation sites (tertiary alicyclic amines) is 1. The Kier molecular flexibility index (Phi) is 3.57. The second-order valence-corrected chi connectivity index (χ2v) is 5.48. The molecule has 3 N–H and O–H groups in total. The van der Waals surface area contributed by atoms with Gasteiger partial charge < -0.3 is 16.0 Å². The number of anilines is 1. The molecule has 1 unspecified atom stereocenters. The quantitative estimate of drug-likeness (QED) is 0.841. The Morgan fingerprint density at radius 3 is 2.67 bits per heavy atom. The van der Waals surface area contributed by atoms with Crippen molar-refractivity contribution < 1.29 is 4.79 Å². The van der Waals surface area contributed by atoms with Crippen molar-refractivity contribution >= 4 is 11.7 Å². The molecule has 0 saturated carbocycles. The highest BCUT2D eigenvalue weighted by atomic mass is 16.2. The van der Waals surface area contributed by atoms with E-state index < -0.39 is 0 Å². The molecule has 0 radical (unpaired) electrons. The Morgan fingerprint density at radius 2 is 2.11 bits per heavy atom. The lowest BCUT2D eigenvalue weighted by molar-refractivity contribution is 0.216. The van der Waals surface area contributed by atoms with Crippen molar-refractivity contribution in [1.29, 1.82) is 0 Å². The number of urea groups is 1. The zero-order valence-electron chi connectivity index (χ0n) is 11.1. The molecule has 0 spiro atoms. The second-order valence-electron chi connectivity index (χ2n) is 5.48. The minimum Gasteiger partial charge on any atom is -0.330 e. The number of nitrogens with two attached hydrogens (primary N) is 1. The highest BCUT2D eigenvalue weighted by molar-refractivity contribution is 5.89. The number of hydrogen-bond donors (Lipinski definition) is 2. The predicted molar refractivity (Wildman–Crippen MR) is 73.5 cm³/mol.